The highest BCUT2D eigenvalue weighted by Gasteiger charge is 2.32. The number of anilines is 1. The van der Waals surface area contributed by atoms with Gasteiger partial charge in [0.1, 0.15) is 11.4 Å². The molecule has 0 radical (unpaired) electrons. The van der Waals surface area contributed by atoms with Gasteiger partial charge >= 0.3 is 0 Å². The number of hydrogen-bond donors (Lipinski definition) is 1. The van der Waals surface area contributed by atoms with Gasteiger partial charge in [0.05, 0.1) is 5.69 Å². The number of benzene rings is 3. The summed E-state index contributed by atoms with van der Waals surface area (Å²) >= 11 is 0. The Morgan fingerprint density at radius 2 is 1.50 bits per heavy atom. The van der Waals surface area contributed by atoms with Crippen LogP contribution in [0.2, 0.25) is 0 Å². The lowest BCUT2D eigenvalue weighted by Gasteiger charge is -2.26. The fourth-order valence-corrected chi connectivity index (χ4v) is 3.42. The van der Waals surface area contributed by atoms with Gasteiger partial charge in [-0.05, 0) is 55.8 Å². The zero-order valence-electron chi connectivity index (χ0n) is 17.7. The van der Waals surface area contributed by atoms with Gasteiger partial charge < -0.3 is 5.32 Å². The molecule has 0 fully saturated rings. The first-order valence-electron chi connectivity index (χ1n) is 10.2. The summed E-state index contributed by atoms with van der Waals surface area (Å²) in [6, 6.07) is 26.0. The summed E-state index contributed by atoms with van der Waals surface area (Å²) in [5.41, 5.74) is 1.90. The van der Waals surface area contributed by atoms with Crippen molar-refractivity contribution in [2.24, 2.45) is 0 Å². The number of aromatic nitrogens is 2. The molecule has 0 atom stereocenters. The number of hydrogen-bond acceptors (Lipinski definition) is 3. The maximum Gasteiger partial charge on any atom is 0.267 e. The second-order valence-corrected chi connectivity index (χ2v) is 7.90. The fraction of sp³-hybridized carbons (Fsp3) is 0.115. The summed E-state index contributed by atoms with van der Waals surface area (Å²) in [6.07, 6.45) is 0. The van der Waals surface area contributed by atoms with Gasteiger partial charge in [-0.2, -0.15) is 5.10 Å². The van der Waals surface area contributed by atoms with Crippen LogP contribution in [0.3, 0.4) is 0 Å². The SMILES string of the molecule is CC(C)(C(=O)Nc1ccccc1-c1ccccc1)n1nc(-c2ccc(F)cc2)ccc1=O. The van der Waals surface area contributed by atoms with E-state index >= 15 is 0 Å². The molecule has 0 aliphatic carbocycles. The first kappa shape index (κ1) is 21.2. The Kier molecular flexibility index (Phi) is 5.69. The molecule has 0 unspecified atom stereocenters. The van der Waals surface area contributed by atoms with E-state index < -0.39 is 11.1 Å². The molecule has 1 aromatic heterocycles. The second-order valence-electron chi connectivity index (χ2n) is 7.90. The third kappa shape index (κ3) is 4.21. The van der Waals surface area contributed by atoms with Crippen LogP contribution in [-0.4, -0.2) is 15.7 Å². The maximum absolute atomic E-state index is 13.3. The summed E-state index contributed by atoms with van der Waals surface area (Å²) in [5, 5.41) is 7.36. The summed E-state index contributed by atoms with van der Waals surface area (Å²) < 4.78 is 14.4. The number of halogens is 1. The lowest BCUT2D eigenvalue weighted by molar-refractivity contribution is -0.123. The van der Waals surface area contributed by atoms with Crippen LogP contribution in [0.25, 0.3) is 22.4 Å². The van der Waals surface area contributed by atoms with E-state index in [2.05, 4.69) is 10.4 Å². The van der Waals surface area contributed by atoms with Gasteiger partial charge in [0.25, 0.3) is 11.5 Å². The van der Waals surface area contributed by atoms with Gasteiger partial charge in [0.2, 0.25) is 0 Å². The van der Waals surface area contributed by atoms with Crippen LogP contribution in [0.5, 0.6) is 0 Å². The minimum absolute atomic E-state index is 0.362. The molecule has 0 saturated heterocycles. The Bertz CT molecular complexity index is 1310. The highest BCUT2D eigenvalue weighted by molar-refractivity contribution is 5.99. The van der Waals surface area contributed by atoms with Crippen LogP contribution >= 0.6 is 0 Å². The second kappa shape index (κ2) is 8.59. The fourth-order valence-electron chi connectivity index (χ4n) is 3.42. The molecule has 1 heterocycles. The van der Waals surface area contributed by atoms with Crippen LogP contribution in [0.4, 0.5) is 10.1 Å². The quantitative estimate of drug-likeness (QED) is 0.483. The van der Waals surface area contributed by atoms with E-state index in [1.807, 2.05) is 54.6 Å². The van der Waals surface area contributed by atoms with Crippen molar-refractivity contribution >= 4 is 11.6 Å². The minimum atomic E-state index is -1.28. The number of carbonyl (C=O) groups excluding carboxylic acids is 1. The van der Waals surface area contributed by atoms with Crippen molar-refractivity contribution in [3.8, 4) is 22.4 Å². The number of para-hydroxylation sites is 1. The van der Waals surface area contributed by atoms with Crippen molar-refractivity contribution in [2.75, 3.05) is 5.32 Å². The van der Waals surface area contributed by atoms with Crippen molar-refractivity contribution in [1.29, 1.82) is 0 Å². The predicted molar refractivity (Wildman–Crippen MR) is 124 cm³/mol. The highest BCUT2D eigenvalue weighted by Crippen LogP contribution is 2.29. The van der Waals surface area contributed by atoms with E-state index in [1.54, 1.807) is 32.0 Å². The molecule has 1 N–H and O–H groups in total. The summed E-state index contributed by atoms with van der Waals surface area (Å²) in [4.78, 5) is 25.9. The zero-order chi connectivity index (χ0) is 22.7. The average molecular weight is 427 g/mol. The predicted octanol–water partition coefficient (Wildman–Crippen LogP) is 5.09. The van der Waals surface area contributed by atoms with E-state index in [0.29, 0.717) is 16.9 Å². The van der Waals surface area contributed by atoms with E-state index in [9.17, 15) is 14.0 Å². The van der Waals surface area contributed by atoms with E-state index in [-0.39, 0.29) is 11.7 Å². The van der Waals surface area contributed by atoms with Crippen molar-refractivity contribution in [3.05, 3.63) is 107 Å². The van der Waals surface area contributed by atoms with Crippen LogP contribution in [0.15, 0.2) is 95.8 Å². The van der Waals surface area contributed by atoms with E-state index in [1.165, 1.54) is 18.2 Å². The summed E-state index contributed by atoms with van der Waals surface area (Å²) in [7, 11) is 0. The van der Waals surface area contributed by atoms with E-state index in [0.717, 1.165) is 15.8 Å². The Hall–Kier alpha value is -4.06. The van der Waals surface area contributed by atoms with Crippen molar-refractivity contribution in [3.63, 3.8) is 0 Å². The van der Waals surface area contributed by atoms with Gasteiger partial charge in [-0.3, -0.25) is 9.59 Å². The van der Waals surface area contributed by atoms with E-state index in [4.69, 9.17) is 0 Å². The summed E-state index contributed by atoms with van der Waals surface area (Å²) in [6.45, 7) is 3.27. The molecule has 32 heavy (non-hydrogen) atoms. The first-order valence-corrected chi connectivity index (χ1v) is 10.2. The number of nitrogens with zero attached hydrogens (tertiary/aromatic N) is 2. The normalized spacial score (nSPS) is 11.2. The molecule has 0 aliphatic heterocycles. The molecule has 4 aromatic rings. The average Bonchev–Trinajstić information content (AvgIpc) is 2.81. The molecule has 0 spiro atoms. The topological polar surface area (TPSA) is 64.0 Å². The Labute approximate surface area is 185 Å². The van der Waals surface area contributed by atoms with Crippen LogP contribution in [0, 0.1) is 5.82 Å². The highest BCUT2D eigenvalue weighted by atomic mass is 19.1. The zero-order valence-corrected chi connectivity index (χ0v) is 17.7. The van der Waals surface area contributed by atoms with Crippen LogP contribution < -0.4 is 10.9 Å². The summed E-state index contributed by atoms with van der Waals surface area (Å²) in [5.74, 6) is -0.745. The number of rotatable bonds is 5. The minimum Gasteiger partial charge on any atom is -0.323 e. The molecular weight excluding hydrogens is 405 g/mol. The molecule has 0 bridgehead atoms. The van der Waals surface area contributed by atoms with Crippen LogP contribution in [0.1, 0.15) is 13.8 Å². The molecule has 160 valence electrons. The van der Waals surface area contributed by atoms with Gasteiger partial charge in [-0.15, -0.1) is 0 Å². The number of carbonyl (C=O) groups is 1. The molecule has 5 nitrogen and oxygen atoms in total. The lowest BCUT2D eigenvalue weighted by Crippen LogP contribution is -2.47. The Morgan fingerprint density at radius 3 is 2.22 bits per heavy atom. The molecule has 6 heteroatoms. The Morgan fingerprint density at radius 1 is 0.844 bits per heavy atom. The molecular formula is C26H22FN3O2. The number of nitrogens with one attached hydrogen (secondary N) is 1. The smallest absolute Gasteiger partial charge is 0.267 e. The third-order valence-electron chi connectivity index (χ3n) is 5.29. The first-order chi connectivity index (χ1) is 15.4. The van der Waals surface area contributed by atoms with Crippen LogP contribution in [-0.2, 0) is 10.3 Å². The molecule has 0 aliphatic rings. The maximum atomic E-state index is 13.3. The molecule has 3 aromatic carbocycles. The molecule has 0 saturated carbocycles. The lowest BCUT2D eigenvalue weighted by atomic mass is 10.0. The van der Waals surface area contributed by atoms with Crippen molar-refractivity contribution in [1.82, 2.24) is 9.78 Å². The monoisotopic (exact) mass is 427 g/mol. The third-order valence-corrected chi connectivity index (χ3v) is 5.29. The van der Waals surface area contributed by atoms with Gasteiger partial charge in [0, 0.05) is 22.9 Å². The molecule has 4 rings (SSSR count). The van der Waals surface area contributed by atoms with Crippen molar-refractivity contribution in [2.45, 2.75) is 19.4 Å². The number of amides is 1. The standard InChI is InChI=1S/C26H22FN3O2/c1-26(2,30-24(31)17-16-22(29-30)19-12-14-20(27)15-13-19)25(32)28-23-11-7-6-10-21(23)18-8-4-3-5-9-18/h3-17H,1-2H3,(H,28,32). The largest absolute Gasteiger partial charge is 0.323 e. The Balaban J connectivity index is 1.68. The molecule has 1 amide bonds. The van der Waals surface area contributed by atoms with Gasteiger partial charge in [-0.25, -0.2) is 9.07 Å². The van der Waals surface area contributed by atoms with Gasteiger partial charge in [-0.1, -0.05) is 48.5 Å². The van der Waals surface area contributed by atoms with Gasteiger partial charge in [0.15, 0.2) is 0 Å². The van der Waals surface area contributed by atoms with Crippen molar-refractivity contribution < 1.29 is 9.18 Å².